The quantitative estimate of drug-likeness (QED) is 0.886. The molecule has 0 fully saturated rings. The lowest BCUT2D eigenvalue weighted by atomic mass is 10.3. The molecule has 0 aliphatic carbocycles. The van der Waals surface area contributed by atoms with Crippen molar-refractivity contribution in [3.63, 3.8) is 0 Å². The SMILES string of the molecule is Fc1ccc(Nc2nsnc2Cl)cc1F. The van der Waals surface area contributed by atoms with Gasteiger partial charge in [-0.1, -0.05) is 11.6 Å². The van der Waals surface area contributed by atoms with Crippen LogP contribution in [0.5, 0.6) is 0 Å². The van der Waals surface area contributed by atoms with Gasteiger partial charge in [-0.3, -0.25) is 0 Å². The Morgan fingerprint density at radius 1 is 1.20 bits per heavy atom. The molecule has 0 saturated heterocycles. The molecule has 0 aliphatic rings. The van der Waals surface area contributed by atoms with E-state index < -0.39 is 11.6 Å². The van der Waals surface area contributed by atoms with Crippen LogP contribution in [0.1, 0.15) is 0 Å². The highest BCUT2D eigenvalue weighted by Gasteiger charge is 2.07. The summed E-state index contributed by atoms with van der Waals surface area (Å²) in [5.41, 5.74) is 0.364. The zero-order valence-corrected chi connectivity index (χ0v) is 8.74. The molecule has 1 aromatic heterocycles. The molecule has 1 aromatic carbocycles. The maximum absolute atomic E-state index is 12.8. The second kappa shape index (κ2) is 4.08. The van der Waals surface area contributed by atoms with E-state index in [-0.39, 0.29) is 5.15 Å². The van der Waals surface area contributed by atoms with Crippen molar-refractivity contribution in [1.82, 2.24) is 8.75 Å². The summed E-state index contributed by atoms with van der Waals surface area (Å²) in [6.45, 7) is 0. The van der Waals surface area contributed by atoms with Crippen LogP contribution in [0.15, 0.2) is 18.2 Å². The number of benzene rings is 1. The van der Waals surface area contributed by atoms with Crippen LogP contribution in [0.3, 0.4) is 0 Å². The molecule has 0 spiro atoms. The largest absolute Gasteiger partial charge is 0.337 e. The third-order valence-corrected chi connectivity index (χ3v) is 2.52. The van der Waals surface area contributed by atoms with Gasteiger partial charge in [0.25, 0.3) is 0 Å². The number of hydrogen-bond donors (Lipinski definition) is 1. The normalized spacial score (nSPS) is 10.3. The number of anilines is 2. The smallest absolute Gasteiger partial charge is 0.187 e. The second-order valence-electron chi connectivity index (χ2n) is 2.66. The van der Waals surface area contributed by atoms with Gasteiger partial charge in [0.15, 0.2) is 22.6 Å². The van der Waals surface area contributed by atoms with Crippen molar-refractivity contribution < 1.29 is 8.78 Å². The molecule has 1 heterocycles. The van der Waals surface area contributed by atoms with Gasteiger partial charge in [-0.25, -0.2) is 8.78 Å². The first-order valence-corrected chi connectivity index (χ1v) is 4.98. The van der Waals surface area contributed by atoms with Gasteiger partial charge in [0.2, 0.25) is 0 Å². The van der Waals surface area contributed by atoms with Crippen molar-refractivity contribution in [1.29, 1.82) is 0 Å². The number of hydrogen-bond acceptors (Lipinski definition) is 4. The number of aromatic nitrogens is 2. The van der Waals surface area contributed by atoms with E-state index in [0.717, 1.165) is 23.9 Å². The van der Waals surface area contributed by atoms with E-state index in [2.05, 4.69) is 14.1 Å². The van der Waals surface area contributed by atoms with Crippen molar-refractivity contribution >= 4 is 34.8 Å². The van der Waals surface area contributed by atoms with E-state index >= 15 is 0 Å². The van der Waals surface area contributed by atoms with Crippen molar-refractivity contribution in [2.45, 2.75) is 0 Å². The molecule has 0 amide bonds. The fourth-order valence-electron chi connectivity index (χ4n) is 0.963. The number of rotatable bonds is 2. The predicted octanol–water partition coefficient (Wildman–Crippen LogP) is 3.21. The zero-order valence-electron chi connectivity index (χ0n) is 7.17. The lowest BCUT2D eigenvalue weighted by Crippen LogP contribution is -1.93. The van der Waals surface area contributed by atoms with Crippen molar-refractivity contribution in [2.24, 2.45) is 0 Å². The summed E-state index contributed by atoms with van der Waals surface area (Å²) in [6, 6.07) is 3.42. The van der Waals surface area contributed by atoms with Crippen molar-refractivity contribution in [2.75, 3.05) is 5.32 Å². The Morgan fingerprint density at radius 3 is 2.60 bits per heavy atom. The molecule has 0 bridgehead atoms. The topological polar surface area (TPSA) is 37.8 Å². The second-order valence-corrected chi connectivity index (χ2v) is 3.54. The Bertz CT molecular complexity index is 488. The highest BCUT2D eigenvalue weighted by Crippen LogP contribution is 2.23. The molecule has 7 heteroatoms. The summed E-state index contributed by atoms with van der Waals surface area (Å²) in [6.07, 6.45) is 0. The average molecular weight is 248 g/mol. The summed E-state index contributed by atoms with van der Waals surface area (Å²) in [4.78, 5) is 0. The van der Waals surface area contributed by atoms with Crippen LogP contribution in [0, 0.1) is 11.6 Å². The van der Waals surface area contributed by atoms with E-state index in [0.29, 0.717) is 11.5 Å². The molecular formula is C8H4ClF2N3S. The van der Waals surface area contributed by atoms with Crippen LogP contribution in [0.4, 0.5) is 20.3 Å². The van der Waals surface area contributed by atoms with Gasteiger partial charge in [-0.15, -0.1) is 0 Å². The molecule has 0 saturated carbocycles. The van der Waals surface area contributed by atoms with Crippen LogP contribution in [0.2, 0.25) is 5.15 Å². The van der Waals surface area contributed by atoms with E-state index in [1.54, 1.807) is 0 Å². The maximum atomic E-state index is 12.8. The Hall–Kier alpha value is -1.27. The monoisotopic (exact) mass is 247 g/mol. The Labute approximate surface area is 93.0 Å². The van der Waals surface area contributed by atoms with Crippen LogP contribution in [0.25, 0.3) is 0 Å². The van der Waals surface area contributed by atoms with Gasteiger partial charge in [-0.2, -0.15) is 8.75 Å². The van der Waals surface area contributed by atoms with Gasteiger partial charge in [-0.05, 0) is 12.1 Å². The molecule has 3 nitrogen and oxygen atoms in total. The maximum Gasteiger partial charge on any atom is 0.187 e. The van der Waals surface area contributed by atoms with Gasteiger partial charge < -0.3 is 5.32 Å². The fourth-order valence-corrected chi connectivity index (χ4v) is 1.61. The van der Waals surface area contributed by atoms with Gasteiger partial charge >= 0.3 is 0 Å². The number of nitrogens with one attached hydrogen (secondary N) is 1. The first-order valence-electron chi connectivity index (χ1n) is 3.87. The molecule has 0 radical (unpaired) electrons. The number of halogens is 3. The summed E-state index contributed by atoms with van der Waals surface area (Å²) < 4.78 is 33.0. The van der Waals surface area contributed by atoms with E-state index in [1.807, 2.05) is 0 Å². The van der Waals surface area contributed by atoms with Crippen LogP contribution < -0.4 is 5.32 Å². The Kier molecular flexibility index (Phi) is 2.79. The van der Waals surface area contributed by atoms with Crippen LogP contribution in [-0.2, 0) is 0 Å². The molecule has 1 N–H and O–H groups in total. The minimum atomic E-state index is -0.931. The van der Waals surface area contributed by atoms with Crippen molar-refractivity contribution in [3.05, 3.63) is 35.0 Å². The molecule has 0 atom stereocenters. The van der Waals surface area contributed by atoms with Gasteiger partial charge in [0, 0.05) is 11.8 Å². The summed E-state index contributed by atoms with van der Waals surface area (Å²) >= 11 is 6.60. The Balaban J connectivity index is 2.25. The standard InChI is InChI=1S/C8H4ClF2N3S/c9-7-8(14-15-13-7)12-4-1-2-5(10)6(11)3-4/h1-3H,(H,12,14). The molecule has 0 unspecified atom stereocenters. The van der Waals surface area contributed by atoms with E-state index in [9.17, 15) is 8.78 Å². The summed E-state index contributed by atoms with van der Waals surface area (Å²) in [5.74, 6) is -1.50. The first kappa shape index (κ1) is 10.3. The molecule has 15 heavy (non-hydrogen) atoms. The first-order chi connectivity index (χ1) is 7.16. The molecular weight excluding hydrogens is 244 g/mol. The number of nitrogens with zero attached hydrogens (tertiary/aromatic N) is 2. The third kappa shape index (κ3) is 2.21. The Morgan fingerprint density at radius 2 is 2.00 bits per heavy atom. The summed E-state index contributed by atoms with van der Waals surface area (Å²) in [7, 11) is 0. The highest BCUT2D eigenvalue weighted by atomic mass is 35.5. The zero-order chi connectivity index (χ0) is 10.8. The third-order valence-electron chi connectivity index (χ3n) is 1.63. The molecule has 0 aliphatic heterocycles. The van der Waals surface area contributed by atoms with Crippen LogP contribution in [-0.4, -0.2) is 8.75 Å². The average Bonchev–Trinajstić information content (AvgIpc) is 2.59. The van der Waals surface area contributed by atoms with E-state index in [4.69, 9.17) is 11.6 Å². The molecule has 78 valence electrons. The lowest BCUT2D eigenvalue weighted by Gasteiger charge is -2.02. The highest BCUT2D eigenvalue weighted by molar-refractivity contribution is 6.99. The van der Waals surface area contributed by atoms with Gasteiger partial charge in [0.1, 0.15) is 0 Å². The van der Waals surface area contributed by atoms with E-state index in [1.165, 1.54) is 6.07 Å². The fraction of sp³-hybridized carbons (Fsp3) is 0. The molecule has 2 rings (SSSR count). The summed E-state index contributed by atoms with van der Waals surface area (Å²) in [5, 5.41) is 2.92. The minimum absolute atomic E-state index is 0.199. The van der Waals surface area contributed by atoms with Crippen molar-refractivity contribution in [3.8, 4) is 0 Å². The van der Waals surface area contributed by atoms with Gasteiger partial charge in [0.05, 0.1) is 11.7 Å². The van der Waals surface area contributed by atoms with Crippen LogP contribution >= 0.6 is 23.3 Å². The lowest BCUT2D eigenvalue weighted by molar-refractivity contribution is 0.509. The molecule has 2 aromatic rings. The minimum Gasteiger partial charge on any atom is -0.337 e. The predicted molar refractivity (Wildman–Crippen MR) is 54.6 cm³/mol.